The molecule has 1 nitrogen and oxygen atoms in total. The van der Waals surface area contributed by atoms with Gasteiger partial charge in [-0.15, -0.1) is 25.4 Å². The van der Waals surface area contributed by atoms with Crippen LogP contribution < -0.4 is 0 Å². The Kier molecular flexibility index (Phi) is 6.55. The van der Waals surface area contributed by atoms with Crippen LogP contribution in [0.2, 0.25) is 0 Å². The van der Waals surface area contributed by atoms with E-state index in [9.17, 15) is 0 Å². The van der Waals surface area contributed by atoms with Gasteiger partial charge < -0.3 is 11.7 Å². The quantitative estimate of drug-likeness (QED) is 0.673. The van der Waals surface area contributed by atoms with Crippen LogP contribution in [-0.2, 0) is 37.4 Å². The van der Waals surface area contributed by atoms with Gasteiger partial charge in [-0.05, 0) is 6.92 Å². The van der Waals surface area contributed by atoms with Gasteiger partial charge in [0.1, 0.15) is 0 Å². The molecule has 0 aromatic carbocycles. The summed E-state index contributed by atoms with van der Waals surface area (Å²) in [7, 11) is 0. The van der Waals surface area contributed by atoms with Crippen molar-refractivity contribution in [2.24, 2.45) is 0 Å². The Balaban J connectivity index is 0.000001000. The summed E-state index contributed by atoms with van der Waals surface area (Å²) in [6, 6.07) is 0. The van der Waals surface area contributed by atoms with Crippen LogP contribution >= 0.6 is 0 Å². The third-order valence-electron chi connectivity index (χ3n) is 1.63. The minimum absolute atomic E-state index is 0. The van der Waals surface area contributed by atoms with Gasteiger partial charge in [-0.1, -0.05) is 6.08 Å². The average molecular weight is 227 g/mol. The van der Waals surface area contributed by atoms with E-state index in [-0.39, 0.29) is 32.7 Å². The molecule has 0 saturated carbocycles. The number of unbranched alkanes of at least 4 members (excludes halogenated alkanes) is 1. The molecule has 0 N–H and O–H groups in total. The first-order chi connectivity index (χ1) is 4.83. The summed E-state index contributed by atoms with van der Waals surface area (Å²) in [4.78, 5) is 0. The molecule has 0 saturated heterocycles. The second-order valence-electron chi connectivity index (χ2n) is 2.62. The van der Waals surface area contributed by atoms with E-state index in [1.54, 1.807) is 0 Å². The van der Waals surface area contributed by atoms with Gasteiger partial charge in [-0.25, -0.2) is 0 Å². The number of rotatable bonds is 3. The fraction of sp³-hybridized carbons (Fsp3) is 0.556. The van der Waals surface area contributed by atoms with E-state index in [0.717, 1.165) is 31.4 Å². The Labute approximate surface area is 94.5 Å². The van der Waals surface area contributed by atoms with E-state index in [0.29, 0.717) is 0 Å². The summed E-state index contributed by atoms with van der Waals surface area (Å²) >= 11 is 0. The van der Waals surface area contributed by atoms with Gasteiger partial charge in [-0.3, -0.25) is 0 Å². The summed E-state index contributed by atoms with van der Waals surface area (Å²) in [5, 5.41) is 0. The Morgan fingerprint density at radius 1 is 1.73 bits per heavy atom. The van der Waals surface area contributed by atoms with Crippen molar-refractivity contribution in [1.82, 2.24) is 0 Å². The molecule has 2 heteroatoms. The molecule has 0 fully saturated rings. The molecular weight excluding hydrogens is 213 g/mol. The number of hydrogen-bond donors (Lipinski definition) is 0. The number of hydrogen-bond acceptors (Lipinski definition) is 1. The SMILES string of the molecule is [CH2-]CCC[C-]1CC=C(C)O1.[Y]. The Morgan fingerprint density at radius 2 is 2.45 bits per heavy atom. The second-order valence-corrected chi connectivity index (χ2v) is 2.62. The zero-order chi connectivity index (χ0) is 7.40. The summed E-state index contributed by atoms with van der Waals surface area (Å²) in [5.41, 5.74) is 0. The minimum Gasteiger partial charge on any atom is -0.662 e. The molecule has 1 aliphatic heterocycles. The maximum absolute atomic E-state index is 5.41. The molecule has 1 radical (unpaired) electrons. The standard InChI is InChI=1S/C9H14O.Y/c1-3-4-5-9-7-6-8(2)10-9;/h6H,1,3-5,7H2,2H3;/q-2;. The Bertz CT molecular complexity index is 132. The van der Waals surface area contributed by atoms with Crippen molar-refractivity contribution in [1.29, 1.82) is 0 Å². The smallest absolute Gasteiger partial charge is 0.0508 e. The third kappa shape index (κ3) is 4.27. The van der Waals surface area contributed by atoms with Crippen molar-refractivity contribution in [3.8, 4) is 0 Å². The van der Waals surface area contributed by atoms with Crippen molar-refractivity contribution in [3.05, 3.63) is 24.9 Å². The van der Waals surface area contributed by atoms with Gasteiger partial charge in [0.25, 0.3) is 0 Å². The Morgan fingerprint density at radius 3 is 2.91 bits per heavy atom. The molecule has 0 amide bonds. The van der Waals surface area contributed by atoms with Crippen molar-refractivity contribution < 1.29 is 37.4 Å². The largest absolute Gasteiger partial charge is 0.662 e. The third-order valence-corrected chi connectivity index (χ3v) is 1.63. The van der Waals surface area contributed by atoms with Crippen molar-refractivity contribution in [2.45, 2.75) is 32.6 Å². The second kappa shape index (κ2) is 6.19. The molecule has 0 spiro atoms. The maximum atomic E-state index is 5.41. The van der Waals surface area contributed by atoms with E-state index >= 15 is 0 Å². The summed E-state index contributed by atoms with van der Waals surface area (Å²) in [6.45, 7) is 5.78. The first-order valence-electron chi connectivity index (χ1n) is 3.81. The van der Waals surface area contributed by atoms with E-state index in [4.69, 9.17) is 4.74 Å². The van der Waals surface area contributed by atoms with Crippen LogP contribution in [0.3, 0.4) is 0 Å². The molecule has 0 bridgehead atoms. The zero-order valence-corrected chi connectivity index (χ0v) is 9.94. The minimum atomic E-state index is 0. The molecule has 1 rings (SSSR count). The molecule has 0 aromatic rings. The fourth-order valence-corrected chi connectivity index (χ4v) is 1.04. The van der Waals surface area contributed by atoms with Gasteiger partial charge in [0.15, 0.2) is 0 Å². The van der Waals surface area contributed by atoms with Crippen molar-refractivity contribution >= 4 is 0 Å². The fourth-order valence-electron chi connectivity index (χ4n) is 1.04. The molecule has 1 aliphatic rings. The first kappa shape index (κ1) is 11.6. The number of ether oxygens (including phenoxy) is 1. The summed E-state index contributed by atoms with van der Waals surface area (Å²) < 4.78 is 5.41. The predicted octanol–water partition coefficient (Wildman–Crippen LogP) is 2.84. The van der Waals surface area contributed by atoms with Crippen LogP contribution in [0.1, 0.15) is 32.6 Å². The molecule has 11 heavy (non-hydrogen) atoms. The van der Waals surface area contributed by atoms with Crippen molar-refractivity contribution in [3.63, 3.8) is 0 Å². The van der Waals surface area contributed by atoms with Gasteiger partial charge >= 0.3 is 0 Å². The molecule has 0 aromatic heterocycles. The van der Waals surface area contributed by atoms with Gasteiger partial charge in [0.2, 0.25) is 0 Å². The van der Waals surface area contributed by atoms with E-state index in [2.05, 4.69) is 13.0 Å². The van der Waals surface area contributed by atoms with Crippen LogP contribution in [0.5, 0.6) is 0 Å². The average Bonchev–Trinajstić information content (AvgIpc) is 2.31. The topological polar surface area (TPSA) is 9.23 Å². The summed E-state index contributed by atoms with van der Waals surface area (Å²) in [5.74, 6) is 1.05. The summed E-state index contributed by atoms with van der Waals surface area (Å²) in [6.07, 6.45) is 7.59. The molecular formula is C9H14OY-2. The van der Waals surface area contributed by atoms with Crippen molar-refractivity contribution in [2.75, 3.05) is 0 Å². The maximum Gasteiger partial charge on any atom is 0.0508 e. The van der Waals surface area contributed by atoms with Gasteiger partial charge in [0, 0.05) is 32.7 Å². The zero-order valence-electron chi connectivity index (χ0n) is 7.10. The van der Waals surface area contributed by atoms with E-state index < -0.39 is 0 Å². The van der Waals surface area contributed by atoms with Crippen LogP contribution in [-0.4, -0.2) is 0 Å². The Hall–Kier alpha value is 0.644. The molecule has 0 atom stereocenters. The van der Waals surface area contributed by atoms with Crippen LogP contribution in [0.15, 0.2) is 11.8 Å². The van der Waals surface area contributed by atoms with Gasteiger partial charge in [-0.2, -0.15) is 6.42 Å². The molecule has 61 valence electrons. The van der Waals surface area contributed by atoms with Crippen LogP contribution in [0, 0.1) is 13.0 Å². The monoisotopic (exact) mass is 227 g/mol. The van der Waals surface area contributed by atoms with Crippen LogP contribution in [0.25, 0.3) is 0 Å². The predicted molar refractivity (Wildman–Crippen MR) is 41.9 cm³/mol. The normalized spacial score (nSPS) is 17.1. The molecule has 0 aliphatic carbocycles. The van der Waals surface area contributed by atoms with Gasteiger partial charge in [0.05, 0.1) is 5.76 Å². The number of allylic oxidation sites excluding steroid dienone is 1. The first-order valence-corrected chi connectivity index (χ1v) is 3.81. The van der Waals surface area contributed by atoms with E-state index in [1.165, 1.54) is 6.10 Å². The van der Waals surface area contributed by atoms with E-state index in [1.807, 2.05) is 6.92 Å². The van der Waals surface area contributed by atoms with Crippen LogP contribution in [0.4, 0.5) is 0 Å². The molecule has 1 heterocycles. The molecule has 0 unspecified atom stereocenters.